The van der Waals surface area contributed by atoms with Crippen molar-refractivity contribution >= 4 is 5.65 Å². The van der Waals surface area contributed by atoms with Crippen molar-refractivity contribution in [2.24, 2.45) is 0 Å². The zero-order valence-corrected chi connectivity index (χ0v) is 17.1. The molecular weight excluding hydrogens is 379 g/mol. The summed E-state index contributed by atoms with van der Waals surface area (Å²) in [6.45, 7) is 2.12. The Balaban J connectivity index is 1.48. The van der Waals surface area contributed by atoms with Crippen molar-refractivity contribution in [1.82, 2.24) is 19.6 Å². The van der Waals surface area contributed by atoms with Crippen molar-refractivity contribution in [3.05, 3.63) is 77.3 Å². The Kier molecular flexibility index (Phi) is 4.69. The number of benzene rings is 1. The average Bonchev–Trinajstić information content (AvgIpc) is 3.49. The van der Waals surface area contributed by atoms with Crippen LogP contribution in [-0.2, 0) is 12.8 Å². The number of ether oxygens (including phenoxy) is 1. The van der Waals surface area contributed by atoms with Crippen LogP contribution < -0.4 is 4.74 Å². The number of fused-ring (bicyclic) bond motifs is 1. The summed E-state index contributed by atoms with van der Waals surface area (Å²) in [7, 11) is 1.57. The normalized spacial score (nSPS) is 13.7. The lowest BCUT2D eigenvalue weighted by Crippen LogP contribution is -2.03. The predicted molar refractivity (Wildman–Crippen MR) is 113 cm³/mol. The second-order valence-electron chi connectivity index (χ2n) is 7.88. The molecule has 6 heteroatoms. The molecule has 0 amide bonds. The third-order valence-electron chi connectivity index (χ3n) is 5.89. The smallest absolute Gasteiger partial charge is 0.168 e. The summed E-state index contributed by atoms with van der Waals surface area (Å²) >= 11 is 0. The number of methoxy groups -OCH3 is 1. The second kappa shape index (κ2) is 7.52. The quantitative estimate of drug-likeness (QED) is 0.460. The van der Waals surface area contributed by atoms with E-state index in [2.05, 4.69) is 40.3 Å². The number of hydrogen-bond donors (Lipinski definition) is 0. The van der Waals surface area contributed by atoms with Crippen molar-refractivity contribution in [3.8, 4) is 16.9 Å². The highest BCUT2D eigenvalue weighted by Crippen LogP contribution is 2.40. The Morgan fingerprint density at radius 1 is 1.13 bits per heavy atom. The van der Waals surface area contributed by atoms with Gasteiger partial charge in [-0.1, -0.05) is 6.07 Å². The van der Waals surface area contributed by atoms with Crippen LogP contribution in [0.15, 0.2) is 48.9 Å². The molecule has 1 aliphatic carbocycles. The second-order valence-corrected chi connectivity index (χ2v) is 7.88. The van der Waals surface area contributed by atoms with Crippen LogP contribution in [-0.4, -0.2) is 26.7 Å². The number of aromatic nitrogens is 4. The van der Waals surface area contributed by atoms with Gasteiger partial charge in [0, 0.05) is 40.2 Å². The molecule has 152 valence electrons. The fourth-order valence-corrected chi connectivity index (χ4v) is 4.07. The fraction of sp³-hybridized carbons (Fsp3) is 0.292. The van der Waals surface area contributed by atoms with Crippen LogP contribution in [0.25, 0.3) is 16.8 Å². The van der Waals surface area contributed by atoms with Gasteiger partial charge >= 0.3 is 0 Å². The molecule has 0 unspecified atom stereocenters. The largest absolute Gasteiger partial charge is 0.496 e. The molecule has 0 aliphatic heterocycles. The van der Waals surface area contributed by atoms with E-state index in [1.807, 2.05) is 10.6 Å². The first-order valence-electron chi connectivity index (χ1n) is 10.3. The maximum atomic E-state index is 14.3. The van der Waals surface area contributed by atoms with E-state index >= 15 is 0 Å². The number of hydrogen-bond acceptors (Lipinski definition) is 4. The fourth-order valence-electron chi connectivity index (χ4n) is 4.07. The standard InChI is InChI=1S/C24H23FN4O/c1-15-12-22(16-6-7-16)26-13-20(15)18-10-8-17(29-14-27-28-24(18)29)9-11-19-21(25)4-3-5-23(19)30-2/h3-5,8,10,12-14,16H,6-7,9,11H2,1-2H3. The Labute approximate surface area is 174 Å². The molecule has 1 aromatic carbocycles. The van der Waals surface area contributed by atoms with Crippen molar-refractivity contribution in [2.75, 3.05) is 7.11 Å². The van der Waals surface area contributed by atoms with Gasteiger partial charge in [-0.15, -0.1) is 10.2 Å². The molecule has 0 bridgehead atoms. The monoisotopic (exact) mass is 402 g/mol. The van der Waals surface area contributed by atoms with Crippen LogP contribution in [0.2, 0.25) is 0 Å². The lowest BCUT2D eigenvalue weighted by molar-refractivity contribution is 0.404. The molecule has 1 saturated carbocycles. The molecule has 0 radical (unpaired) electrons. The van der Waals surface area contributed by atoms with E-state index in [4.69, 9.17) is 4.74 Å². The number of halogens is 1. The molecule has 0 saturated heterocycles. The van der Waals surface area contributed by atoms with Gasteiger partial charge in [-0.2, -0.15) is 0 Å². The molecule has 1 aliphatic rings. The highest BCUT2D eigenvalue weighted by Gasteiger charge is 2.25. The van der Waals surface area contributed by atoms with Gasteiger partial charge in [0.1, 0.15) is 17.9 Å². The Bertz CT molecular complexity index is 1230. The Hall–Kier alpha value is -3.28. The Morgan fingerprint density at radius 2 is 2.00 bits per heavy atom. The van der Waals surface area contributed by atoms with E-state index in [0.717, 1.165) is 22.5 Å². The first-order chi connectivity index (χ1) is 14.7. The van der Waals surface area contributed by atoms with Gasteiger partial charge in [0.25, 0.3) is 0 Å². The summed E-state index contributed by atoms with van der Waals surface area (Å²) < 4.78 is 21.6. The highest BCUT2D eigenvalue weighted by atomic mass is 19.1. The van der Waals surface area contributed by atoms with Gasteiger partial charge < -0.3 is 4.74 Å². The lowest BCUT2D eigenvalue weighted by atomic mass is 10.0. The minimum Gasteiger partial charge on any atom is -0.496 e. The molecule has 0 atom stereocenters. The third-order valence-corrected chi connectivity index (χ3v) is 5.89. The van der Waals surface area contributed by atoms with Gasteiger partial charge in [0.05, 0.1) is 7.11 Å². The van der Waals surface area contributed by atoms with Crippen LogP contribution in [0.1, 0.15) is 41.3 Å². The zero-order valence-electron chi connectivity index (χ0n) is 17.1. The Morgan fingerprint density at radius 3 is 2.77 bits per heavy atom. The summed E-state index contributed by atoms with van der Waals surface area (Å²) in [5.74, 6) is 0.955. The molecule has 5 rings (SSSR count). The summed E-state index contributed by atoms with van der Waals surface area (Å²) in [4.78, 5) is 4.68. The number of nitrogens with zero attached hydrogens (tertiary/aromatic N) is 4. The number of aryl methyl sites for hydroxylation is 2. The SMILES string of the molecule is COc1cccc(F)c1CCc1ccc(-c2cnc(C3CC3)cc2C)c2nncn12. The van der Waals surface area contributed by atoms with Crippen molar-refractivity contribution in [2.45, 2.75) is 38.5 Å². The maximum absolute atomic E-state index is 14.3. The number of pyridine rings is 2. The zero-order chi connectivity index (χ0) is 20.7. The van der Waals surface area contributed by atoms with Crippen LogP contribution >= 0.6 is 0 Å². The molecular formula is C24H23FN4O. The van der Waals surface area contributed by atoms with Crippen LogP contribution in [0.5, 0.6) is 5.75 Å². The molecule has 3 heterocycles. The van der Waals surface area contributed by atoms with Crippen LogP contribution in [0, 0.1) is 12.7 Å². The van der Waals surface area contributed by atoms with Crippen molar-refractivity contribution in [1.29, 1.82) is 0 Å². The summed E-state index contributed by atoms with van der Waals surface area (Å²) in [6, 6.07) is 11.2. The first-order valence-corrected chi connectivity index (χ1v) is 10.3. The predicted octanol–water partition coefficient (Wildman–Crippen LogP) is 4.91. The van der Waals surface area contributed by atoms with Gasteiger partial charge in [0.2, 0.25) is 0 Å². The topological polar surface area (TPSA) is 52.3 Å². The average molecular weight is 402 g/mol. The van der Waals surface area contributed by atoms with Gasteiger partial charge in [-0.05, 0) is 68.5 Å². The summed E-state index contributed by atoms with van der Waals surface area (Å²) in [5, 5.41) is 8.49. The van der Waals surface area contributed by atoms with E-state index in [1.165, 1.54) is 30.2 Å². The van der Waals surface area contributed by atoms with E-state index in [9.17, 15) is 4.39 Å². The van der Waals surface area contributed by atoms with Crippen molar-refractivity contribution < 1.29 is 9.13 Å². The van der Waals surface area contributed by atoms with E-state index < -0.39 is 0 Å². The van der Waals surface area contributed by atoms with Gasteiger partial charge in [-0.3, -0.25) is 9.38 Å². The molecule has 3 aromatic heterocycles. The van der Waals surface area contributed by atoms with Crippen LogP contribution in [0.4, 0.5) is 4.39 Å². The molecule has 4 aromatic rings. The minimum atomic E-state index is -0.247. The van der Waals surface area contributed by atoms with E-state index in [1.54, 1.807) is 25.6 Å². The van der Waals surface area contributed by atoms with Crippen molar-refractivity contribution in [3.63, 3.8) is 0 Å². The third kappa shape index (κ3) is 3.32. The van der Waals surface area contributed by atoms with Gasteiger partial charge in [-0.25, -0.2) is 4.39 Å². The summed E-state index contributed by atoms with van der Waals surface area (Å²) in [6.07, 6.45) is 7.32. The molecule has 0 spiro atoms. The van der Waals surface area contributed by atoms with E-state index in [0.29, 0.717) is 30.1 Å². The van der Waals surface area contributed by atoms with Crippen LogP contribution in [0.3, 0.4) is 0 Å². The highest BCUT2D eigenvalue weighted by molar-refractivity contribution is 5.79. The first kappa shape index (κ1) is 18.7. The van der Waals surface area contributed by atoms with Gasteiger partial charge in [0.15, 0.2) is 5.65 Å². The molecule has 1 fully saturated rings. The molecule has 0 N–H and O–H groups in total. The van der Waals surface area contributed by atoms with E-state index in [-0.39, 0.29) is 5.82 Å². The molecule has 30 heavy (non-hydrogen) atoms. The minimum absolute atomic E-state index is 0.247. The lowest BCUT2D eigenvalue weighted by Gasteiger charge is -2.13. The summed E-state index contributed by atoms with van der Waals surface area (Å²) in [5.41, 5.74) is 6.85. The number of rotatable bonds is 6. The maximum Gasteiger partial charge on any atom is 0.168 e. The molecule has 5 nitrogen and oxygen atoms in total.